The summed E-state index contributed by atoms with van der Waals surface area (Å²) in [5.41, 5.74) is 0.585. The second kappa shape index (κ2) is 7.37. The van der Waals surface area contributed by atoms with E-state index in [4.69, 9.17) is 9.84 Å². The summed E-state index contributed by atoms with van der Waals surface area (Å²) in [6, 6.07) is 3.19. The van der Waals surface area contributed by atoms with Crippen molar-refractivity contribution in [2.24, 2.45) is 0 Å². The maximum Gasteiger partial charge on any atom is 0.407 e. The molecule has 3 saturated heterocycles. The molecule has 4 rings (SSSR count). The van der Waals surface area contributed by atoms with Crippen LogP contribution in [-0.2, 0) is 14.9 Å². The highest BCUT2D eigenvalue weighted by Crippen LogP contribution is 2.31. The minimum atomic E-state index is -3.69. The molecule has 0 radical (unpaired) electrons. The van der Waals surface area contributed by atoms with Crippen LogP contribution in [0.2, 0.25) is 0 Å². The summed E-state index contributed by atoms with van der Waals surface area (Å²) < 4.78 is 34.5. The number of aromatic nitrogens is 1. The molecule has 11 heteroatoms. The third kappa shape index (κ3) is 3.38. The molecule has 1 aromatic heterocycles. The maximum absolute atomic E-state index is 13.1. The van der Waals surface area contributed by atoms with E-state index in [1.54, 1.807) is 25.4 Å². The van der Waals surface area contributed by atoms with Gasteiger partial charge in [0.05, 0.1) is 11.8 Å². The van der Waals surface area contributed by atoms with E-state index < -0.39 is 16.3 Å². The number of nitrogens with zero attached hydrogens (tertiary/aromatic N) is 5. The van der Waals surface area contributed by atoms with Crippen molar-refractivity contribution >= 4 is 27.8 Å². The molecule has 2 unspecified atom stereocenters. The van der Waals surface area contributed by atoms with Gasteiger partial charge in [0.1, 0.15) is 5.82 Å². The first kappa shape index (κ1) is 19.2. The van der Waals surface area contributed by atoms with Crippen LogP contribution in [0.1, 0.15) is 12.8 Å². The molecule has 0 saturated carbocycles. The van der Waals surface area contributed by atoms with Crippen LogP contribution in [0.25, 0.3) is 0 Å². The highest BCUT2D eigenvalue weighted by molar-refractivity contribution is 7.90. The number of likely N-dealkylation sites (tertiary alicyclic amines) is 1. The second-order valence-corrected chi connectivity index (χ2v) is 9.13. The molecule has 10 nitrogen and oxygen atoms in total. The zero-order valence-electron chi connectivity index (χ0n) is 15.8. The topological polar surface area (TPSA) is 107 Å². The van der Waals surface area contributed by atoms with Crippen molar-refractivity contribution in [1.29, 1.82) is 0 Å². The zero-order chi connectivity index (χ0) is 19.9. The minimum absolute atomic E-state index is 0.163. The SMILES string of the molecule is COC1CCN(c2cc(N3CCN(C4CCN(C(=O)O)C4)S3(=O)=O)ccn2)C1. The highest BCUT2D eigenvalue weighted by Gasteiger charge is 2.44. The van der Waals surface area contributed by atoms with Crippen LogP contribution in [0.15, 0.2) is 18.3 Å². The molecular weight excluding hydrogens is 386 g/mol. The van der Waals surface area contributed by atoms with Crippen LogP contribution in [0.4, 0.5) is 16.3 Å². The Hall–Kier alpha value is -2.11. The quantitative estimate of drug-likeness (QED) is 0.765. The lowest BCUT2D eigenvalue weighted by Crippen LogP contribution is -2.42. The van der Waals surface area contributed by atoms with Gasteiger partial charge in [-0.3, -0.25) is 4.31 Å². The van der Waals surface area contributed by atoms with Crippen molar-refractivity contribution in [3.63, 3.8) is 0 Å². The molecule has 0 spiro atoms. The van der Waals surface area contributed by atoms with Gasteiger partial charge in [0, 0.05) is 64.7 Å². The summed E-state index contributed by atoms with van der Waals surface area (Å²) in [4.78, 5) is 18.9. The van der Waals surface area contributed by atoms with Crippen LogP contribution in [0.3, 0.4) is 0 Å². The average Bonchev–Trinajstić information content (AvgIpc) is 3.39. The minimum Gasteiger partial charge on any atom is -0.465 e. The van der Waals surface area contributed by atoms with Crippen LogP contribution in [0, 0.1) is 0 Å². The molecule has 4 heterocycles. The van der Waals surface area contributed by atoms with Gasteiger partial charge in [-0.05, 0) is 18.9 Å². The summed E-state index contributed by atoms with van der Waals surface area (Å²) in [6.07, 6.45) is 2.23. The Morgan fingerprint density at radius 3 is 2.71 bits per heavy atom. The Morgan fingerprint density at radius 1 is 1.21 bits per heavy atom. The van der Waals surface area contributed by atoms with Gasteiger partial charge in [0.25, 0.3) is 0 Å². The molecule has 0 bridgehead atoms. The van der Waals surface area contributed by atoms with Crippen LogP contribution < -0.4 is 9.21 Å². The lowest BCUT2D eigenvalue weighted by molar-refractivity contribution is 0.121. The molecule has 0 aliphatic carbocycles. The second-order valence-electron chi connectivity index (χ2n) is 7.33. The van der Waals surface area contributed by atoms with Crippen molar-refractivity contribution in [3.8, 4) is 0 Å². The van der Waals surface area contributed by atoms with E-state index in [1.165, 1.54) is 13.5 Å². The summed E-state index contributed by atoms with van der Waals surface area (Å²) >= 11 is 0. The monoisotopic (exact) mass is 411 g/mol. The number of methoxy groups -OCH3 is 1. The zero-order valence-corrected chi connectivity index (χ0v) is 16.6. The van der Waals surface area contributed by atoms with Gasteiger partial charge in [-0.25, -0.2) is 9.78 Å². The number of rotatable bonds is 4. The van der Waals surface area contributed by atoms with Crippen molar-refractivity contribution in [2.45, 2.75) is 25.0 Å². The van der Waals surface area contributed by atoms with Crippen LogP contribution in [0.5, 0.6) is 0 Å². The Labute approximate surface area is 164 Å². The number of carboxylic acid groups (broad SMARTS) is 1. The van der Waals surface area contributed by atoms with Gasteiger partial charge in [-0.15, -0.1) is 0 Å². The normalized spacial score (nSPS) is 27.7. The number of amides is 1. The van der Waals surface area contributed by atoms with Crippen molar-refractivity contribution in [1.82, 2.24) is 14.2 Å². The Bertz CT molecular complexity index is 850. The van der Waals surface area contributed by atoms with Gasteiger partial charge < -0.3 is 19.6 Å². The fraction of sp³-hybridized carbons (Fsp3) is 0.647. The molecule has 1 aromatic rings. The van der Waals surface area contributed by atoms with Gasteiger partial charge in [-0.2, -0.15) is 12.7 Å². The lowest BCUT2D eigenvalue weighted by Gasteiger charge is -2.25. The van der Waals surface area contributed by atoms with Gasteiger partial charge in [0.15, 0.2) is 0 Å². The Morgan fingerprint density at radius 2 is 2.04 bits per heavy atom. The number of anilines is 2. The molecule has 3 aliphatic heterocycles. The van der Waals surface area contributed by atoms with Gasteiger partial charge in [0.2, 0.25) is 0 Å². The van der Waals surface area contributed by atoms with E-state index in [2.05, 4.69) is 9.88 Å². The molecule has 3 fully saturated rings. The van der Waals surface area contributed by atoms with Crippen molar-refractivity contribution < 1.29 is 23.1 Å². The summed E-state index contributed by atoms with van der Waals surface area (Å²) in [5, 5.41) is 9.13. The summed E-state index contributed by atoms with van der Waals surface area (Å²) in [5.74, 6) is 0.739. The molecule has 1 N–H and O–H groups in total. The number of hydrogen-bond donors (Lipinski definition) is 1. The number of ether oxygens (including phenoxy) is 1. The van der Waals surface area contributed by atoms with Gasteiger partial charge >= 0.3 is 16.3 Å². The van der Waals surface area contributed by atoms with E-state index in [-0.39, 0.29) is 18.7 Å². The number of pyridine rings is 1. The van der Waals surface area contributed by atoms with E-state index in [0.717, 1.165) is 25.3 Å². The standard InChI is InChI=1S/C17H25N5O5S/c1-27-15-4-7-19(12-15)16-10-13(2-5-18-16)21-8-9-22(28(21,25)26)14-3-6-20(11-14)17(23)24/h2,5,10,14-15H,3-4,6-9,11-12H2,1H3,(H,23,24). The molecule has 3 aliphatic rings. The Balaban J connectivity index is 1.51. The molecule has 28 heavy (non-hydrogen) atoms. The Kier molecular flexibility index (Phi) is 5.06. The van der Waals surface area contributed by atoms with E-state index in [0.29, 0.717) is 31.7 Å². The maximum atomic E-state index is 13.1. The lowest BCUT2D eigenvalue weighted by atomic mass is 10.2. The van der Waals surface area contributed by atoms with Crippen molar-refractivity contribution in [3.05, 3.63) is 18.3 Å². The molecular formula is C17H25N5O5S. The van der Waals surface area contributed by atoms with E-state index in [1.807, 2.05) is 0 Å². The van der Waals surface area contributed by atoms with Gasteiger partial charge in [-0.1, -0.05) is 0 Å². The fourth-order valence-electron chi connectivity index (χ4n) is 4.19. The molecule has 2 atom stereocenters. The summed E-state index contributed by atoms with van der Waals surface area (Å²) in [7, 11) is -2.00. The first-order valence-corrected chi connectivity index (χ1v) is 10.8. The number of carbonyl (C=O) groups is 1. The first-order valence-electron chi connectivity index (χ1n) is 9.41. The first-order chi connectivity index (χ1) is 13.4. The van der Waals surface area contributed by atoms with Crippen molar-refractivity contribution in [2.75, 3.05) is 55.6 Å². The number of hydrogen-bond acceptors (Lipinski definition) is 6. The predicted molar refractivity (Wildman–Crippen MR) is 103 cm³/mol. The molecule has 0 aromatic carbocycles. The third-order valence-corrected chi connectivity index (χ3v) is 7.78. The largest absolute Gasteiger partial charge is 0.465 e. The molecule has 154 valence electrons. The fourth-order valence-corrected chi connectivity index (χ4v) is 6.00. The third-order valence-electron chi connectivity index (χ3n) is 5.76. The summed E-state index contributed by atoms with van der Waals surface area (Å²) in [6.45, 7) is 2.83. The predicted octanol–water partition coefficient (Wildman–Crippen LogP) is 0.426. The van der Waals surface area contributed by atoms with Crippen LogP contribution >= 0.6 is 0 Å². The van der Waals surface area contributed by atoms with E-state index in [9.17, 15) is 13.2 Å². The smallest absolute Gasteiger partial charge is 0.407 e. The average molecular weight is 411 g/mol. The highest BCUT2D eigenvalue weighted by atomic mass is 32.2. The molecule has 1 amide bonds. The van der Waals surface area contributed by atoms with E-state index >= 15 is 0 Å². The van der Waals surface area contributed by atoms with Crippen LogP contribution in [-0.4, -0.2) is 92.3 Å².